The van der Waals surface area contributed by atoms with E-state index in [-0.39, 0.29) is 29.9 Å². The first kappa shape index (κ1) is 20.5. The van der Waals surface area contributed by atoms with Crippen LogP contribution in [-0.2, 0) is 0 Å². The van der Waals surface area contributed by atoms with Gasteiger partial charge in [0.2, 0.25) is 0 Å². The lowest BCUT2D eigenvalue weighted by Gasteiger charge is -2.25. The number of benzene rings is 1. The number of ether oxygens (including phenoxy) is 1. The van der Waals surface area contributed by atoms with Crippen molar-refractivity contribution in [2.75, 3.05) is 5.32 Å². The van der Waals surface area contributed by atoms with Gasteiger partial charge in [0.1, 0.15) is 5.75 Å². The van der Waals surface area contributed by atoms with Gasteiger partial charge in [-0.2, -0.15) is 9.83 Å². The number of aliphatic hydroxyl groups excluding tert-OH is 1. The highest BCUT2D eigenvalue weighted by atomic mass is 16.5. The summed E-state index contributed by atoms with van der Waals surface area (Å²) in [4.78, 5) is 13.1. The lowest BCUT2D eigenvalue weighted by molar-refractivity contribution is -0.616. The Kier molecular flexibility index (Phi) is 4.98. The topological polar surface area (TPSA) is 103 Å². The zero-order valence-corrected chi connectivity index (χ0v) is 18.4. The maximum Gasteiger partial charge on any atom is 0.321 e. The Morgan fingerprint density at radius 1 is 1.12 bits per heavy atom. The first-order valence-electron chi connectivity index (χ1n) is 12.0. The third-order valence-corrected chi connectivity index (χ3v) is 6.93. The Balaban J connectivity index is 1.31. The highest BCUT2D eigenvalue weighted by Crippen LogP contribution is 2.39. The summed E-state index contributed by atoms with van der Waals surface area (Å²) in [6.07, 6.45) is 9.27. The van der Waals surface area contributed by atoms with Gasteiger partial charge in [-0.05, 0) is 63.5 Å². The maximum atomic E-state index is 13.1. The Labute approximate surface area is 191 Å². The lowest BCUT2D eigenvalue weighted by atomic mass is 9.93. The number of pyridine rings is 1. The molecular formula is C25H28N4O4. The molecule has 8 heteroatoms. The average Bonchev–Trinajstić information content (AvgIpc) is 3.73. The fourth-order valence-corrected chi connectivity index (χ4v) is 4.69. The van der Waals surface area contributed by atoms with Crippen LogP contribution in [0.5, 0.6) is 5.75 Å². The van der Waals surface area contributed by atoms with Crippen molar-refractivity contribution in [1.82, 2.24) is 9.78 Å². The predicted molar refractivity (Wildman–Crippen MR) is 122 cm³/mol. The molecule has 33 heavy (non-hydrogen) atoms. The van der Waals surface area contributed by atoms with Crippen molar-refractivity contribution in [2.45, 2.75) is 75.5 Å². The van der Waals surface area contributed by atoms with E-state index in [1.165, 1.54) is 0 Å². The molecule has 3 aliphatic rings. The molecule has 3 aliphatic carbocycles. The predicted octanol–water partition coefficient (Wildman–Crippen LogP) is 3.82. The van der Waals surface area contributed by atoms with E-state index in [1.807, 2.05) is 23.0 Å². The zero-order chi connectivity index (χ0) is 22.5. The van der Waals surface area contributed by atoms with Gasteiger partial charge in [-0.15, -0.1) is 0 Å². The van der Waals surface area contributed by atoms with Gasteiger partial charge in [0.25, 0.3) is 5.69 Å². The number of nitrogens with one attached hydrogen (secondary N) is 1. The molecular weight excluding hydrogens is 420 g/mol. The number of carbonyl (C=O) groups excluding carboxylic acids is 1. The van der Waals surface area contributed by atoms with E-state index in [4.69, 9.17) is 9.84 Å². The Morgan fingerprint density at radius 2 is 1.91 bits per heavy atom. The second-order valence-electron chi connectivity index (χ2n) is 9.65. The third-order valence-electron chi connectivity index (χ3n) is 6.93. The minimum atomic E-state index is -0.443. The largest absolute Gasteiger partial charge is 0.618 e. The first-order valence-corrected chi connectivity index (χ1v) is 12.0. The van der Waals surface area contributed by atoms with E-state index in [1.54, 1.807) is 18.2 Å². The molecule has 1 amide bonds. The summed E-state index contributed by atoms with van der Waals surface area (Å²) in [5.41, 5.74) is 2.11. The van der Waals surface area contributed by atoms with Crippen LogP contribution >= 0.6 is 0 Å². The van der Waals surface area contributed by atoms with Crippen molar-refractivity contribution >= 4 is 22.5 Å². The smallest absolute Gasteiger partial charge is 0.321 e. The van der Waals surface area contributed by atoms with Crippen LogP contribution in [0.2, 0.25) is 0 Å². The third kappa shape index (κ3) is 4.15. The van der Waals surface area contributed by atoms with Gasteiger partial charge < -0.3 is 20.4 Å². The molecule has 2 heterocycles. The molecule has 3 saturated carbocycles. The van der Waals surface area contributed by atoms with Crippen LogP contribution in [0.15, 0.2) is 36.5 Å². The normalized spacial score (nSPS) is 22.9. The average molecular weight is 449 g/mol. The fraction of sp³-hybridized carbons (Fsp3) is 0.480. The number of hydrogen-bond donors (Lipinski definition) is 2. The number of carbonyl (C=O) groups is 1. The summed E-state index contributed by atoms with van der Waals surface area (Å²) < 4.78 is 8.84. The monoisotopic (exact) mass is 448 g/mol. The lowest BCUT2D eigenvalue weighted by Crippen LogP contribution is -2.40. The molecule has 0 atom stereocenters. The van der Waals surface area contributed by atoms with Gasteiger partial charge in [0.05, 0.1) is 29.5 Å². The van der Waals surface area contributed by atoms with Crippen LogP contribution in [0.1, 0.15) is 79.5 Å². The number of rotatable bonds is 6. The van der Waals surface area contributed by atoms with Crippen LogP contribution in [0.25, 0.3) is 10.9 Å². The molecule has 172 valence electrons. The van der Waals surface area contributed by atoms with Crippen molar-refractivity contribution < 1.29 is 19.4 Å². The van der Waals surface area contributed by atoms with Gasteiger partial charge in [0, 0.05) is 35.7 Å². The number of fused-ring (bicyclic) bond motifs is 1. The highest BCUT2D eigenvalue weighted by Gasteiger charge is 2.33. The van der Waals surface area contributed by atoms with Crippen molar-refractivity contribution in [3.63, 3.8) is 0 Å². The summed E-state index contributed by atoms with van der Waals surface area (Å²) in [6, 6.07) is 9.15. The van der Waals surface area contributed by atoms with Crippen LogP contribution in [-0.4, -0.2) is 33.0 Å². The van der Waals surface area contributed by atoms with Gasteiger partial charge in [-0.3, -0.25) is 9.48 Å². The number of aromatic nitrogens is 3. The molecule has 3 aromatic rings. The SMILES string of the molecule is O=C(Nc1cc2cn(C3CCC(O)CC3)nc2cc1OC1CC1)c1cccc(C2CC2)[n+]1[O-]. The standard InChI is InChI=1S/C25H28N4O4/c30-18-8-6-17(7-9-18)28-14-16-12-21(24(13-20(16)27-28)33-19-10-11-19)26-25(31)23-3-1-2-22(29(23)32)15-4-5-15/h1-3,12-15,17-19,30H,4-11H2,(H,26,31). The van der Waals surface area contributed by atoms with Crippen molar-refractivity contribution in [2.24, 2.45) is 0 Å². The van der Waals surface area contributed by atoms with Crippen LogP contribution in [0, 0.1) is 5.21 Å². The Morgan fingerprint density at radius 3 is 2.64 bits per heavy atom. The summed E-state index contributed by atoms with van der Waals surface area (Å²) >= 11 is 0. The zero-order valence-electron chi connectivity index (χ0n) is 18.4. The molecule has 0 aliphatic heterocycles. The van der Waals surface area contributed by atoms with Gasteiger partial charge in [0.15, 0.2) is 5.69 Å². The van der Waals surface area contributed by atoms with Crippen molar-refractivity contribution in [1.29, 1.82) is 0 Å². The Hall–Kier alpha value is -3.13. The van der Waals surface area contributed by atoms with Gasteiger partial charge >= 0.3 is 5.91 Å². The molecule has 0 radical (unpaired) electrons. The van der Waals surface area contributed by atoms with Gasteiger partial charge in [-0.25, -0.2) is 0 Å². The minimum Gasteiger partial charge on any atom is -0.618 e. The van der Waals surface area contributed by atoms with Crippen LogP contribution in [0.3, 0.4) is 0 Å². The molecule has 2 N–H and O–H groups in total. The number of aliphatic hydroxyl groups is 1. The summed E-state index contributed by atoms with van der Waals surface area (Å²) in [7, 11) is 0. The van der Waals surface area contributed by atoms with Crippen molar-refractivity contribution in [3.8, 4) is 5.75 Å². The highest BCUT2D eigenvalue weighted by molar-refractivity contribution is 6.04. The molecule has 2 aromatic heterocycles. The molecule has 6 rings (SSSR count). The first-order chi connectivity index (χ1) is 16.0. The number of anilines is 1. The van der Waals surface area contributed by atoms with Crippen LogP contribution in [0.4, 0.5) is 5.69 Å². The molecule has 1 aromatic carbocycles. The second-order valence-corrected chi connectivity index (χ2v) is 9.65. The molecule has 0 bridgehead atoms. The molecule has 3 fully saturated rings. The quantitative estimate of drug-likeness (QED) is 0.441. The van der Waals surface area contributed by atoms with E-state index in [0.717, 1.165) is 67.0 Å². The van der Waals surface area contributed by atoms with E-state index in [9.17, 15) is 15.1 Å². The summed E-state index contributed by atoms with van der Waals surface area (Å²) in [5, 5.41) is 31.2. The van der Waals surface area contributed by atoms with E-state index in [2.05, 4.69) is 5.32 Å². The van der Waals surface area contributed by atoms with Crippen LogP contribution < -0.4 is 14.8 Å². The van der Waals surface area contributed by atoms with E-state index in [0.29, 0.717) is 17.1 Å². The number of nitrogens with zero attached hydrogens (tertiary/aromatic N) is 3. The molecule has 8 nitrogen and oxygen atoms in total. The second kappa shape index (κ2) is 8.02. The fourth-order valence-electron chi connectivity index (χ4n) is 4.69. The molecule has 0 spiro atoms. The van der Waals surface area contributed by atoms with Crippen molar-refractivity contribution in [3.05, 3.63) is 53.1 Å². The van der Waals surface area contributed by atoms with Gasteiger partial charge in [-0.1, -0.05) is 0 Å². The van der Waals surface area contributed by atoms with E-state index < -0.39 is 5.91 Å². The molecule has 0 saturated heterocycles. The minimum absolute atomic E-state index is 0.0910. The molecule has 0 unspecified atom stereocenters. The summed E-state index contributed by atoms with van der Waals surface area (Å²) in [5.74, 6) is 0.395. The number of amides is 1. The van der Waals surface area contributed by atoms with E-state index >= 15 is 0 Å². The Bertz CT molecular complexity index is 1210. The summed E-state index contributed by atoms with van der Waals surface area (Å²) in [6.45, 7) is 0. The maximum absolute atomic E-state index is 13.1. The number of hydrogen-bond acceptors (Lipinski definition) is 5.